The summed E-state index contributed by atoms with van der Waals surface area (Å²) in [7, 11) is -1.03. The molecule has 2 aliphatic heterocycles. The highest BCUT2D eigenvalue weighted by Gasteiger charge is 2.53. The van der Waals surface area contributed by atoms with Crippen LogP contribution < -0.4 is 4.90 Å². The fraction of sp³-hybridized carbons (Fsp3) is 0.778. The second-order valence-corrected chi connectivity index (χ2v) is 9.97. The standard InChI is InChI=1S/C18H27N3O2S/c1-17(2,3)16-19-12-6-4-11-24(23)14(12)15(20-16)21-10-7-13(22)18(21)8-5-9-18/h13,22H,4-11H2,1-3H3. The highest BCUT2D eigenvalue weighted by Crippen LogP contribution is 2.49. The number of aryl methyl sites for hydroxylation is 1. The Morgan fingerprint density at radius 1 is 1.25 bits per heavy atom. The van der Waals surface area contributed by atoms with Gasteiger partial charge in [0.15, 0.2) is 0 Å². The maximum atomic E-state index is 12.8. The van der Waals surface area contributed by atoms with Gasteiger partial charge < -0.3 is 10.0 Å². The van der Waals surface area contributed by atoms with Crippen molar-refractivity contribution < 1.29 is 9.32 Å². The van der Waals surface area contributed by atoms with Crippen LogP contribution in [0.3, 0.4) is 0 Å². The third-order valence-electron chi connectivity index (χ3n) is 5.82. The van der Waals surface area contributed by atoms with Crippen LogP contribution in [0.5, 0.6) is 0 Å². The third kappa shape index (κ3) is 2.33. The molecule has 132 valence electrons. The monoisotopic (exact) mass is 349 g/mol. The Balaban J connectivity index is 1.89. The highest BCUT2D eigenvalue weighted by atomic mass is 32.2. The van der Waals surface area contributed by atoms with Crippen molar-refractivity contribution in [1.29, 1.82) is 0 Å². The van der Waals surface area contributed by atoms with Crippen LogP contribution in [0.4, 0.5) is 5.82 Å². The SMILES string of the molecule is CC(C)(C)c1nc2c(c(N3CCC(O)C34CCC4)n1)S(=O)CCC2. The molecular formula is C18H27N3O2S. The summed E-state index contributed by atoms with van der Waals surface area (Å²) in [6.45, 7) is 7.16. The summed E-state index contributed by atoms with van der Waals surface area (Å²) in [5.41, 5.74) is 0.637. The predicted octanol–water partition coefficient (Wildman–Crippen LogP) is 2.32. The minimum Gasteiger partial charge on any atom is -0.391 e. The van der Waals surface area contributed by atoms with Crippen LogP contribution in [0, 0.1) is 0 Å². The molecule has 1 N–H and O–H groups in total. The molecule has 4 rings (SSSR count). The van der Waals surface area contributed by atoms with E-state index in [9.17, 15) is 9.32 Å². The molecule has 0 bridgehead atoms. The van der Waals surface area contributed by atoms with Crippen LogP contribution in [-0.4, -0.2) is 43.2 Å². The fourth-order valence-electron chi connectivity index (χ4n) is 4.26. The first-order chi connectivity index (χ1) is 11.3. The molecule has 6 heteroatoms. The van der Waals surface area contributed by atoms with E-state index in [4.69, 9.17) is 9.97 Å². The maximum absolute atomic E-state index is 12.8. The van der Waals surface area contributed by atoms with Crippen molar-refractivity contribution >= 4 is 16.6 Å². The number of nitrogens with zero attached hydrogens (tertiary/aromatic N) is 3. The lowest BCUT2D eigenvalue weighted by Crippen LogP contribution is -2.56. The molecule has 0 amide bonds. The van der Waals surface area contributed by atoms with Crippen LogP contribution in [0.25, 0.3) is 0 Å². The number of hydrogen-bond acceptors (Lipinski definition) is 5. The highest BCUT2D eigenvalue weighted by molar-refractivity contribution is 7.85. The first-order valence-electron chi connectivity index (χ1n) is 9.08. The average Bonchev–Trinajstić information content (AvgIpc) is 2.82. The van der Waals surface area contributed by atoms with Gasteiger partial charge in [-0.15, -0.1) is 0 Å². The van der Waals surface area contributed by atoms with Gasteiger partial charge in [0.25, 0.3) is 0 Å². The Bertz CT molecular complexity index is 694. The zero-order chi connectivity index (χ0) is 17.1. The number of aliphatic hydroxyl groups excluding tert-OH is 1. The molecular weight excluding hydrogens is 322 g/mol. The summed E-state index contributed by atoms with van der Waals surface area (Å²) in [6.07, 6.45) is 5.43. The van der Waals surface area contributed by atoms with Gasteiger partial charge in [-0.05, 0) is 38.5 Å². The molecule has 1 aromatic rings. The number of anilines is 1. The second-order valence-electron chi connectivity index (χ2n) is 8.46. The van der Waals surface area contributed by atoms with Crippen molar-refractivity contribution in [1.82, 2.24) is 9.97 Å². The minimum atomic E-state index is -1.03. The molecule has 2 fully saturated rings. The summed E-state index contributed by atoms with van der Waals surface area (Å²) in [5.74, 6) is 2.37. The topological polar surface area (TPSA) is 66.3 Å². The number of hydrogen-bond donors (Lipinski definition) is 1. The quantitative estimate of drug-likeness (QED) is 0.843. The number of rotatable bonds is 1. The van der Waals surface area contributed by atoms with Gasteiger partial charge in [0, 0.05) is 17.7 Å². The summed E-state index contributed by atoms with van der Waals surface area (Å²) < 4.78 is 12.8. The maximum Gasteiger partial charge on any atom is 0.149 e. The van der Waals surface area contributed by atoms with Crippen molar-refractivity contribution in [2.75, 3.05) is 17.2 Å². The van der Waals surface area contributed by atoms with Gasteiger partial charge in [0.05, 0.1) is 28.1 Å². The number of fused-ring (bicyclic) bond motifs is 1. The average molecular weight is 350 g/mol. The Hall–Kier alpha value is -1.01. The fourth-order valence-corrected chi connectivity index (χ4v) is 5.64. The molecule has 1 saturated carbocycles. The minimum absolute atomic E-state index is 0.145. The Morgan fingerprint density at radius 3 is 2.62 bits per heavy atom. The lowest BCUT2D eigenvalue weighted by molar-refractivity contribution is 0.0578. The molecule has 1 aromatic heterocycles. The molecule has 2 unspecified atom stereocenters. The first-order valence-corrected chi connectivity index (χ1v) is 10.4. The van der Waals surface area contributed by atoms with E-state index in [0.717, 1.165) is 67.3 Å². The molecule has 1 spiro atoms. The molecule has 2 atom stereocenters. The van der Waals surface area contributed by atoms with E-state index in [1.54, 1.807) is 0 Å². The van der Waals surface area contributed by atoms with E-state index in [1.165, 1.54) is 0 Å². The summed E-state index contributed by atoms with van der Waals surface area (Å²) >= 11 is 0. The van der Waals surface area contributed by atoms with Crippen molar-refractivity contribution in [2.24, 2.45) is 0 Å². The van der Waals surface area contributed by atoms with E-state index in [1.807, 2.05) is 0 Å². The van der Waals surface area contributed by atoms with Gasteiger partial charge in [0.2, 0.25) is 0 Å². The van der Waals surface area contributed by atoms with Crippen molar-refractivity contribution in [3.8, 4) is 0 Å². The van der Waals surface area contributed by atoms with Crippen molar-refractivity contribution in [3.05, 3.63) is 11.5 Å². The second kappa shape index (κ2) is 5.49. The van der Waals surface area contributed by atoms with Crippen LogP contribution in [-0.2, 0) is 22.6 Å². The Labute approximate surface area is 146 Å². The lowest BCUT2D eigenvalue weighted by atomic mass is 9.73. The molecule has 1 aliphatic carbocycles. The first kappa shape index (κ1) is 16.5. The van der Waals surface area contributed by atoms with Crippen LogP contribution in [0.2, 0.25) is 0 Å². The molecule has 0 radical (unpaired) electrons. The van der Waals surface area contributed by atoms with Gasteiger partial charge >= 0.3 is 0 Å². The van der Waals surface area contributed by atoms with E-state index in [0.29, 0.717) is 5.75 Å². The van der Waals surface area contributed by atoms with Gasteiger partial charge in [-0.25, -0.2) is 9.97 Å². The lowest BCUT2D eigenvalue weighted by Gasteiger charge is -2.48. The smallest absolute Gasteiger partial charge is 0.149 e. The summed E-state index contributed by atoms with van der Waals surface area (Å²) in [6, 6.07) is 0. The predicted molar refractivity (Wildman–Crippen MR) is 94.9 cm³/mol. The molecule has 1 saturated heterocycles. The third-order valence-corrected chi connectivity index (χ3v) is 7.35. The summed E-state index contributed by atoms with van der Waals surface area (Å²) in [4.78, 5) is 12.8. The van der Waals surface area contributed by atoms with Crippen LogP contribution in [0.15, 0.2) is 4.90 Å². The van der Waals surface area contributed by atoms with Crippen molar-refractivity contribution in [2.45, 2.75) is 81.2 Å². The van der Waals surface area contributed by atoms with Crippen LogP contribution in [0.1, 0.15) is 64.4 Å². The normalized spacial score (nSPS) is 28.8. The summed E-state index contributed by atoms with van der Waals surface area (Å²) in [5, 5.41) is 10.6. The zero-order valence-corrected chi connectivity index (χ0v) is 15.7. The molecule has 0 aromatic carbocycles. The van der Waals surface area contributed by atoms with Gasteiger partial charge in [-0.2, -0.15) is 0 Å². The largest absolute Gasteiger partial charge is 0.391 e. The van der Waals surface area contributed by atoms with E-state index in [-0.39, 0.29) is 17.1 Å². The Kier molecular flexibility index (Phi) is 3.77. The Morgan fingerprint density at radius 2 is 2.00 bits per heavy atom. The zero-order valence-electron chi connectivity index (χ0n) is 14.8. The van der Waals surface area contributed by atoms with Gasteiger partial charge in [-0.3, -0.25) is 4.21 Å². The van der Waals surface area contributed by atoms with E-state index < -0.39 is 10.8 Å². The van der Waals surface area contributed by atoms with Gasteiger partial charge in [0.1, 0.15) is 16.5 Å². The molecule has 3 aliphatic rings. The number of aliphatic hydroxyl groups is 1. The molecule has 3 heterocycles. The van der Waals surface area contributed by atoms with E-state index in [2.05, 4.69) is 25.7 Å². The van der Waals surface area contributed by atoms with Gasteiger partial charge in [-0.1, -0.05) is 20.8 Å². The van der Waals surface area contributed by atoms with E-state index >= 15 is 0 Å². The molecule has 24 heavy (non-hydrogen) atoms. The number of aromatic nitrogens is 2. The van der Waals surface area contributed by atoms with Crippen LogP contribution >= 0.6 is 0 Å². The molecule has 5 nitrogen and oxygen atoms in total. The van der Waals surface area contributed by atoms with Crippen molar-refractivity contribution in [3.63, 3.8) is 0 Å².